The summed E-state index contributed by atoms with van der Waals surface area (Å²) in [6.07, 6.45) is 1.53. The van der Waals surface area contributed by atoms with E-state index in [-0.39, 0.29) is 11.6 Å². The van der Waals surface area contributed by atoms with Crippen molar-refractivity contribution in [1.82, 2.24) is 10.3 Å². The summed E-state index contributed by atoms with van der Waals surface area (Å²) in [5.74, 6) is 0.554. The van der Waals surface area contributed by atoms with Gasteiger partial charge in [-0.15, -0.1) is 0 Å². The monoisotopic (exact) mass is 552 g/mol. The van der Waals surface area contributed by atoms with Crippen LogP contribution in [-0.4, -0.2) is 50.7 Å². The molecule has 2 aromatic carbocycles. The molecular weight excluding hydrogens is 527 g/mol. The molecule has 32 heavy (non-hydrogen) atoms. The van der Waals surface area contributed by atoms with Gasteiger partial charge in [0.2, 0.25) is 0 Å². The van der Waals surface area contributed by atoms with Crippen molar-refractivity contribution in [2.24, 2.45) is 0 Å². The van der Waals surface area contributed by atoms with E-state index in [1.165, 1.54) is 32.5 Å². The Bertz CT molecular complexity index is 1120. The van der Waals surface area contributed by atoms with Crippen LogP contribution >= 0.6 is 22.6 Å². The molecule has 3 rings (SSSR count). The molecule has 0 radical (unpaired) electrons. The standard InChI is InChI=1S/C20H18IN3O5.C2H7N/c1-4-23(20(25)18-14(21)7-8-17(28-2)19(18)29-3)16-9-10-22-15-11-12(24(26)27)5-6-13(15)16;1-3-2/h5-11H,4H2,1-3H3;3H,1-2H3. The van der Waals surface area contributed by atoms with Crippen LogP contribution in [0.4, 0.5) is 11.4 Å². The number of aromatic nitrogens is 1. The van der Waals surface area contributed by atoms with Crippen LogP contribution in [0.3, 0.4) is 0 Å². The first-order chi connectivity index (χ1) is 15.3. The Kier molecular flexibility index (Phi) is 9.14. The molecule has 9 nitrogen and oxygen atoms in total. The predicted molar refractivity (Wildman–Crippen MR) is 133 cm³/mol. The summed E-state index contributed by atoms with van der Waals surface area (Å²) in [7, 11) is 6.75. The number of hydrogen-bond donors (Lipinski definition) is 1. The average Bonchev–Trinajstić information content (AvgIpc) is 2.79. The van der Waals surface area contributed by atoms with Gasteiger partial charge in [-0.3, -0.25) is 19.9 Å². The molecule has 0 bridgehead atoms. The van der Waals surface area contributed by atoms with Crippen LogP contribution in [0.15, 0.2) is 42.6 Å². The zero-order chi connectivity index (χ0) is 23.8. The third kappa shape index (κ3) is 5.25. The largest absolute Gasteiger partial charge is 0.493 e. The number of nitro groups is 1. The number of methoxy groups -OCH3 is 2. The van der Waals surface area contributed by atoms with E-state index in [2.05, 4.69) is 32.9 Å². The average molecular weight is 552 g/mol. The van der Waals surface area contributed by atoms with Crippen molar-refractivity contribution in [3.05, 3.63) is 61.8 Å². The minimum atomic E-state index is -0.472. The molecular formula is C22H25IN4O5. The number of ether oxygens (including phenoxy) is 2. The van der Waals surface area contributed by atoms with Gasteiger partial charge in [0.05, 0.1) is 35.9 Å². The van der Waals surface area contributed by atoms with Crippen LogP contribution in [-0.2, 0) is 0 Å². The Balaban J connectivity index is 0.00000114. The van der Waals surface area contributed by atoms with E-state index in [1.54, 1.807) is 29.2 Å². The number of carbonyl (C=O) groups is 1. The number of nitrogens with zero attached hydrogens (tertiary/aromatic N) is 3. The minimum Gasteiger partial charge on any atom is -0.493 e. The number of nitrogens with one attached hydrogen (secondary N) is 1. The molecule has 1 amide bonds. The Labute approximate surface area is 200 Å². The number of amides is 1. The summed E-state index contributed by atoms with van der Waals surface area (Å²) >= 11 is 2.09. The lowest BCUT2D eigenvalue weighted by atomic mass is 10.1. The highest BCUT2D eigenvalue weighted by molar-refractivity contribution is 14.1. The van der Waals surface area contributed by atoms with E-state index in [9.17, 15) is 14.9 Å². The molecule has 0 atom stereocenters. The van der Waals surface area contributed by atoms with Gasteiger partial charge >= 0.3 is 0 Å². The Morgan fingerprint density at radius 3 is 2.44 bits per heavy atom. The van der Waals surface area contributed by atoms with Gasteiger partial charge in [-0.1, -0.05) is 0 Å². The molecule has 0 aliphatic carbocycles. The molecule has 1 aromatic heterocycles. The number of benzene rings is 2. The number of nitro benzene ring substituents is 1. The number of fused-ring (bicyclic) bond motifs is 1. The number of pyridine rings is 1. The van der Waals surface area contributed by atoms with Crippen molar-refractivity contribution < 1.29 is 19.2 Å². The fourth-order valence-corrected chi connectivity index (χ4v) is 3.79. The van der Waals surface area contributed by atoms with Gasteiger partial charge in [0.1, 0.15) is 0 Å². The fraction of sp³-hybridized carbons (Fsp3) is 0.273. The first-order valence-corrected chi connectivity index (χ1v) is 10.8. The van der Waals surface area contributed by atoms with Crippen LogP contribution in [0.2, 0.25) is 0 Å². The highest BCUT2D eigenvalue weighted by Gasteiger charge is 2.26. The molecule has 0 unspecified atom stereocenters. The number of halogens is 1. The summed E-state index contributed by atoms with van der Waals surface area (Å²) < 4.78 is 11.5. The topological polar surface area (TPSA) is 107 Å². The maximum atomic E-state index is 13.5. The zero-order valence-electron chi connectivity index (χ0n) is 18.5. The third-order valence-electron chi connectivity index (χ3n) is 4.47. The van der Waals surface area contributed by atoms with Crippen LogP contribution in [0.5, 0.6) is 11.5 Å². The Morgan fingerprint density at radius 1 is 1.19 bits per heavy atom. The maximum Gasteiger partial charge on any atom is 0.271 e. The highest BCUT2D eigenvalue weighted by atomic mass is 127. The van der Waals surface area contributed by atoms with E-state index in [4.69, 9.17) is 9.47 Å². The lowest BCUT2D eigenvalue weighted by Gasteiger charge is -2.24. The molecule has 0 fully saturated rings. The summed E-state index contributed by atoms with van der Waals surface area (Å²) in [4.78, 5) is 29.9. The molecule has 170 valence electrons. The lowest BCUT2D eigenvalue weighted by molar-refractivity contribution is -0.384. The van der Waals surface area contributed by atoms with Crippen molar-refractivity contribution in [2.45, 2.75) is 6.92 Å². The molecule has 1 N–H and O–H groups in total. The number of anilines is 1. The van der Waals surface area contributed by atoms with Crippen molar-refractivity contribution in [2.75, 3.05) is 39.8 Å². The molecule has 10 heteroatoms. The third-order valence-corrected chi connectivity index (χ3v) is 5.37. The van der Waals surface area contributed by atoms with E-state index in [0.717, 1.165) is 3.57 Å². The van der Waals surface area contributed by atoms with E-state index in [0.29, 0.717) is 40.2 Å². The van der Waals surface area contributed by atoms with Crippen LogP contribution in [0.1, 0.15) is 17.3 Å². The molecule has 3 aromatic rings. The SMILES string of the molecule is CCN(C(=O)c1c(I)ccc(OC)c1OC)c1ccnc2cc([N+](=O)[O-])ccc12.CNC. The predicted octanol–water partition coefficient (Wildman–Crippen LogP) is 4.27. The minimum absolute atomic E-state index is 0.0551. The summed E-state index contributed by atoms with van der Waals surface area (Å²) in [6, 6.07) is 9.66. The van der Waals surface area contributed by atoms with Gasteiger partial charge in [-0.25, -0.2) is 0 Å². The number of carbonyl (C=O) groups excluding carboxylic acids is 1. The Morgan fingerprint density at radius 2 is 1.88 bits per heavy atom. The van der Waals surface area contributed by atoms with Crippen LogP contribution < -0.4 is 19.7 Å². The first kappa shape index (κ1) is 25.3. The zero-order valence-corrected chi connectivity index (χ0v) is 20.7. The van der Waals surface area contributed by atoms with Crippen molar-refractivity contribution in [1.29, 1.82) is 0 Å². The second-order valence-corrected chi connectivity index (χ2v) is 7.66. The Hall–Kier alpha value is -2.99. The summed E-state index contributed by atoms with van der Waals surface area (Å²) in [6.45, 7) is 2.24. The highest BCUT2D eigenvalue weighted by Crippen LogP contribution is 2.37. The van der Waals surface area contributed by atoms with Crippen LogP contribution in [0.25, 0.3) is 10.9 Å². The van der Waals surface area contributed by atoms with Gasteiger partial charge in [0.25, 0.3) is 11.6 Å². The summed E-state index contributed by atoms with van der Waals surface area (Å²) in [5.41, 5.74) is 1.38. The maximum absolute atomic E-state index is 13.5. The fourth-order valence-electron chi connectivity index (χ4n) is 3.13. The molecule has 1 heterocycles. The van der Waals surface area contributed by atoms with E-state index < -0.39 is 4.92 Å². The molecule has 0 spiro atoms. The van der Waals surface area contributed by atoms with Gasteiger partial charge in [-0.2, -0.15) is 0 Å². The molecule has 0 aliphatic heterocycles. The number of non-ortho nitro benzene ring substituents is 1. The quantitative estimate of drug-likeness (QED) is 0.277. The normalized spacial score (nSPS) is 10.2. The first-order valence-electron chi connectivity index (χ1n) is 9.68. The lowest BCUT2D eigenvalue weighted by Crippen LogP contribution is -2.32. The van der Waals surface area contributed by atoms with Crippen LogP contribution in [0, 0.1) is 13.7 Å². The molecule has 0 saturated heterocycles. The summed E-state index contributed by atoms with van der Waals surface area (Å²) in [5, 5.41) is 14.5. The van der Waals surface area contributed by atoms with Crippen molar-refractivity contribution in [3.63, 3.8) is 0 Å². The van der Waals surface area contributed by atoms with Gasteiger partial charge < -0.3 is 19.7 Å². The number of hydrogen-bond acceptors (Lipinski definition) is 7. The molecule has 0 aliphatic rings. The smallest absolute Gasteiger partial charge is 0.271 e. The van der Waals surface area contributed by atoms with Gasteiger partial charge in [-0.05, 0) is 67.9 Å². The van der Waals surface area contributed by atoms with Crippen molar-refractivity contribution >= 4 is 50.8 Å². The second-order valence-electron chi connectivity index (χ2n) is 6.50. The molecule has 0 saturated carbocycles. The number of rotatable bonds is 6. The van der Waals surface area contributed by atoms with Gasteiger partial charge in [0, 0.05) is 33.8 Å². The second kappa shape index (κ2) is 11.6. The van der Waals surface area contributed by atoms with Crippen molar-refractivity contribution in [3.8, 4) is 11.5 Å². The van der Waals surface area contributed by atoms with E-state index >= 15 is 0 Å². The van der Waals surface area contributed by atoms with E-state index in [1.807, 2.05) is 21.0 Å². The van der Waals surface area contributed by atoms with Gasteiger partial charge in [0.15, 0.2) is 11.5 Å².